The molecule has 0 aliphatic heterocycles. The number of ether oxygens (including phenoxy) is 2. The maximum Gasteiger partial charge on any atom is 0.349 e. The van der Waals surface area contributed by atoms with Gasteiger partial charge in [-0.1, -0.05) is 47.5 Å². The molecule has 0 aromatic heterocycles. The van der Waals surface area contributed by atoms with E-state index in [1.165, 1.54) is 36.4 Å². The first-order valence-electron chi connectivity index (χ1n) is 10.8. The second-order valence-corrected chi connectivity index (χ2v) is 7.88. The number of rotatable bonds is 8. The van der Waals surface area contributed by atoms with Crippen molar-refractivity contribution in [2.75, 3.05) is 5.32 Å². The van der Waals surface area contributed by atoms with Crippen LogP contribution >= 0.6 is 0 Å². The van der Waals surface area contributed by atoms with Gasteiger partial charge in [0.15, 0.2) is 0 Å². The number of nitrogens with one attached hydrogen (secondary N) is 1. The molecule has 1 amide bonds. The quantitative estimate of drug-likeness (QED) is 0.459. The zero-order chi connectivity index (χ0) is 26.2. The second kappa shape index (κ2) is 11.4. The Hall–Kier alpha value is -4.97. The summed E-state index contributed by atoms with van der Waals surface area (Å²) in [6, 6.07) is 20.4. The van der Waals surface area contributed by atoms with Crippen LogP contribution in [0.15, 0.2) is 72.8 Å². The zero-order valence-electron chi connectivity index (χ0n) is 19.4. The van der Waals surface area contributed by atoms with Gasteiger partial charge in [-0.25, -0.2) is 14.4 Å². The average Bonchev–Trinajstić information content (AvgIpc) is 2.86. The van der Waals surface area contributed by atoms with Crippen molar-refractivity contribution in [1.82, 2.24) is 0 Å². The molecule has 3 aromatic carbocycles. The molecule has 0 saturated carbocycles. The summed E-state index contributed by atoms with van der Waals surface area (Å²) in [5, 5.41) is 21.5. The molecule has 0 heterocycles. The van der Waals surface area contributed by atoms with Crippen LogP contribution in [-0.4, -0.2) is 41.1 Å². The van der Waals surface area contributed by atoms with E-state index in [0.29, 0.717) is 0 Å². The third-order valence-corrected chi connectivity index (χ3v) is 5.06. The van der Waals surface area contributed by atoms with Crippen molar-refractivity contribution in [3.05, 3.63) is 101 Å². The molecule has 182 valence electrons. The van der Waals surface area contributed by atoms with Crippen molar-refractivity contribution in [1.29, 1.82) is 5.26 Å². The van der Waals surface area contributed by atoms with E-state index < -0.39 is 36.0 Å². The number of esters is 2. The van der Waals surface area contributed by atoms with E-state index in [-0.39, 0.29) is 22.4 Å². The van der Waals surface area contributed by atoms with Crippen LogP contribution in [0, 0.1) is 25.2 Å². The summed E-state index contributed by atoms with van der Waals surface area (Å²) in [6.07, 6.45) is -4.25. The average molecular weight is 486 g/mol. The van der Waals surface area contributed by atoms with Crippen LogP contribution in [0.2, 0.25) is 0 Å². The molecular weight excluding hydrogens is 464 g/mol. The third-order valence-electron chi connectivity index (χ3n) is 5.06. The number of nitriles is 1. The Labute approximate surface area is 206 Å². The fraction of sp³-hybridized carbons (Fsp3) is 0.148. The number of anilines is 1. The Balaban J connectivity index is 1.96. The van der Waals surface area contributed by atoms with E-state index in [0.717, 1.165) is 11.1 Å². The van der Waals surface area contributed by atoms with Gasteiger partial charge in [-0.3, -0.25) is 4.79 Å². The van der Waals surface area contributed by atoms with Crippen molar-refractivity contribution in [3.63, 3.8) is 0 Å². The Bertz CT molecular complexity index is 1360. The van der Waals surface area contributed by atoms with Crippen molar-refractivity contribution >= 4 is 29.5 Å². The summed E-state index contributed by atoms with van der Waals surface area (Å²) >= 11 is 0. The number of aliphatic carboxylic acids is 1. The SMILES string of the molecule is Cc1cccc(C(=O)O[C@H](C(=O)O)[C@@H](OC(=O)c2cccc(C)c2)C(=O)Nc2ccccc2C#N)c1. The van der Waals surface area contributed by atoms with Crippen LogP contribution < -0.4 is 5.32 Å². The zero-order valence-corrected chi connectivity index (χ0v) is 19.4. The van der Waals surface area contributed by atoms with Gasteiger partial charge >= 0.3 is 17.9 Å². The Morgan fingerprint density at radius 3 is 1.83 bits per heavy atom. The minimum absolute atomic E-state index is 0.0558. The number of carbonyl (C=O) groups excluding carboxylic acids is 3. The summed E-state index contributed by atoms with van der Waals surface area (Å²) in [5.74, 6) is -4.82. The summed E-state index contributed by atoms with van der Waals surface area (Å²) in [5.41, 5.74) is 1.74. The van der Waals surface area contributed by atoms with Gasteiger partial charge in [0.2, 0.25) is 12.2 Å². The highest BCUT2D eigenvalue weighted by Crippen LogP contribution is 2.19. The molecule has 0 saturated heterocycles. The minimum atomic E-state index is -2.18. The van der Waals surface area contributed by atoms with E-state index in [1.807, 2.05) is 6.07 Å². The van der Waals surface area contributed by atoms with Crippen LogP contribution in [0.25, 0.3) is 0 Å². The van der Waals surface area contributed by atoms with Gasteiger partial charge < -0.3 is 19.9 Å². The maximum atomic E-state index is 13.2. The normalized spacial score (nSPS) is 11.9. The largest absolute Gasteiger partial charge is 0.478 e. The highest BCUT2D eigenvalue weighted by Gasteiger charge is 2.41. The molecule has 3 rings (SSSR count). The number of hydrogen-bond acceptors (Lipinski definition) is 7. The van der Waals surface area contributed by atoms with Gasteiger partial charge in [0, 0.05) is 0 Å². The van der Waals surface area contributed by atoms with Gasteiger partial charge in [0.1, 0.15) is 6.07 Å². The molecule has 9 heteroatoms. The predicted molar refractivity (Wildman–Crippen MR) is 128 cm³/mol. The van der Waals surface area contributed by atoms with Crippen LogP contribution in [0.4, 0.5) is 5.69 Å². The highest BCUT2D eigenvalue weighted by atomic mass is 16.6. The lowest BCUT2D eigenvalue weighted by molar-refractivity contribution is -0.157. The standard InChI is InChI=1S/C27H22N2O7/c1-16-7-5-10-18(13-16)26(33)35-22(24(30)29-21-12-4-3-9-20(21)15-28)23(25(31)32)36-27(34)19-11-6-8-17(2)14-19/h3-14,22-23H,1-2H3,(H,29,30)(H,31,32)/t22-,23+/m1/s1. The van der Waals surface area contributed by atoms with Gasteiger partial charge in [-0.05, 0) is 50.2 Å². The monoisotopic (exact) mass is 486 g/mol. The first kappa shape index (κ1) is 25.6. The molecule has 0 aliphatic carbocycles. The fourth-order valence-electron chi connectivity index (χ4n) is 3.30. The highest BCUT2D eigenvalue weighted by molar-refractivity contribution is 6.02. The first-order chi connectivity index (χ1) is 17.2. The molecule has 0 radical (unpaired) electrons. The van der Waals surface area contributed by atoms with Crippen molar-refractivity contribution < 1.29 is 33.8 Å². The molecular formula is C27H22N2O7. The summed E-state index contributed by atoms with van der Waals surface area (Å²) in [6.45, 7) is 3.47. The molecule has 0 fully saturated rings. The topological polar surface area (TPSA) is 143 Å². The molecule has 0 spiro atoms. The summed E-state index contributed by atoms with van der Waals surface area (Å²) < 4.78 is 10.4. The first-order valence-corrected chi connectivity index (χ1v) is 10.8. The Morgan fingerprint density at radius 1 is 0.806 bits per heavy atom. The molecule has 36 heavy (non-hydrogen) atoms. The lowest BCUT2D eigenvalue weighted by Gasteiger charge is -2.24. The van der Waals surface area contributed by atoms with E-state index >= 15 is 0 Å². The van der Waals surface area contributed by atoms with Crippen molar-refractivity contribution in [3.8, 4) is 6.07 Å². The summed E-state index contributed by atoms with van der Waals surface area (Å²) in [4.78, 5) is 50.8. The Morgan fingerprint density at radius 2 is 1.33 bits per heavy atom. The number of carboxylic acid groups (broad SMARTS) is 1. The van der Waals surface area contributed by atoms with Gasteiger partial charge in [0.25, 0.3) is 5.91 Å². The number of carboxylic acids is 1. The number of aryl methyl sites for hydroxylation is 2. The van der Waals surface area contributed by atoms with Crippen LogP contribution in [0.3, 0.4) is 0 Å². The molecule has 0 bridgehead atoms. The van der Waals surface area contributed by atoms with Crippen molar-refractivity contribution in [2.24, 2.45) is 0 Å². The molecule has 0 aliphatic rings. The smallest absolute Gasteiger partial charge is 0.349 e. The van der Waals surface area contributed by atoms with E-state index in [4.69, 9.17) is 9.47 Å². The van der Waals surface area contributed by atoms with Crippen LogP contribution in [0.1, 0.15) is 37.4 Å². The molecule has 2 N–H and O–H groups in total. The van der Waals surface area contributed by atoms with E-state index in [2.05, 4.69) is 5.32 Å². The number of hydrogen-bond donors (Lipinski definition) is 2. The minimum Gasteiger partial charge on any atom is -0.478 e. The number of carbonyl (C=O) groups is 4. The number of amides is 1. The third kappa shape index (κ3) is 6.33. The predicted octanol–water partition coefficient (Wildman–Crippen LogP) is 3.65. The van der Waals surface area contributed by atoms with Gasteiger partial charge in [0.05, 0.1) is 22.4 Å². The number of para-hydroxylation sites is 1. The fourth-order valence-corrected chi connectivity index (χ4v) is 3.30. The maximum absolute atomic E-state index is 13.2. The molecule has 9 nitrogen and oxygen atoms in total. The lowest BCUT2D eigenvalue weighted by Crippen LogP contribution is -2.48. The van der Waals surface area contributed by atoms with E-state index in [9.17, 15) is 29.5 Å². The second-order valence-electron chi connectivity index (χ2n) is 7.88. The van der Waals surface area contributed by atoms with Gasteiger partial charge in [-0.15, -0.1) is 0 Å². The molecule has 0 unspecified atom stereocenters. The molecule has 3 aromatic rings. The Kier molecular flexibility index (Phi) is 8.15. The van der Waals surface area contributed by atoms with Crippen LogP contribution in [0.5, 0.6) is 0 Å². The van der Waals surface area contributed by atoms with E-state index in [1.54, 1.807) is 50.2 Å². The van der Waals surface area contributed by atoms with Gasteiger partial charge in [-0.2, -0.15) is 5.26 Å². The van der Waals surface area contributed by atoms with Crippen LogP contribution in [-0.2, 0) is 19.1 Å². The van der Waals surface area contributed by atoms with Crippen molar-refractivity contribution in [2.45, 2.75) is 26.1 Å². The lowest BCUT2D eigenvalue weighted by atomic mass is 10.1. The number of benzene rings is 3. The summed E-state index contributed by atoms with van der Waals surface area (Å²) in [7, 11) is 0. The molecule has 2 atom stereocenters. The number of nitrogens with zero attached hydrogens (tertiary/aromatic N) is 1.